The number of aromatic amines is 1. The molecule has 3 aromatic carbocycles. The lowest BCUT2D eigenvalue weighted by atomic mass is 10.1. The second-order valence-corrected chi connectivity index (χ2v) is 8.07. The molecule has 0 saturated heterocycles. The van der Waals surface area contributed by atoms with Gasteiger partial charge in [0.25, 0.3) is 5.56 Å². The lowest BCUT2D eigenvalue weighted by Gasteiger charge is -2.22. The molecule has 1 amide bonds. The molecule has 168 valence electrons. The van der Waals surface area contributed by atoms with E-state index in [-0.39, 0.29) is 24.4 Å². The van der Waals surface area contributed by atoms with Crippen molar-refractivity contribution in [1.29, 1.82) is 0 Å². The van der Waals surface area contributed by atoms with E-state index in [0.29, 0.717) is 23.3 Å². The number of hydrogen-bond acceptors (Lipinski definition) is 4. The largest absolute Gasteiger partial charge is 0.331 e. The number of fused-ring (bicyclic) bond motifs is 1. The Hall–Kier alpha value is -4.52. The predicted molar refractivity (Wildman–Crippen MR) is 130 cm³/mol. The van der Waals surface area contributed by atoms with Crippen molar-refractivity contribution in [3.8, 4) is 5.69 Å². The first-order valence-electron chi connectivity index (χ1n) is 11.0. The summed E-state index contributed by atoms with van der Waals surface area (Å²) in [5, 5.41) is 4.93. The van der Waals surface area contributed by atoms with Gasteiger partial charge in [-0.3, -0.25) is 9.59 Å². The Kier molecular flexibility index (Phi) is 5.99. The van der Waals surface area contributed by atoms with E-state index in [1.807, 2.05) is 72.9 Å². The van der Waals surface area contributed by atoms with Crippen molar-refractivity contribution in [2.24, 2.45) is 0 Å². The zero-order chi connectivity index (χ0) is 23.3. The zero-order valence-electron chi connectivity index (χ0n) is 18.5. The number of carbonyl (C=O) groups is 1. The van der Waals surface area contributed by atoms with E-state index in [2.05, 4.69) is 15.1 Å². The molecule has 2 heterocycles. The van der Waals surface area contributed by atoms with Crippen molar-refractivity contribution in [3.05, 3.63) is 125 Å². The molecule has 1 N–H and O–H groups in total. The first-order valence-corrected chi connectivity index (χ1v) is 11.0. The summed E-state index contributed by atoms with van der Waals surface area (Å²) in [7, 11) is 0. The number of H-pyrrole nitrogens is 1. The summed E-state index contributed by atoms with van der Waals surface area (Å²) in [4.78, 5) is 35.0. The third kappa shape index (κ3) is 4.78. The van der Waals surface area contributed by atoms with E-state index in [1.165, 1.54) is 0 Å². The van der Waals surface area contributed by atoms with E-state index in [4.69, 9.17) is 0 Å². The van der Waals surface area contributed by atoms with Crippen molar-refractivity contribution < 1.29 is 4.79 Å². The van der Waals surface area contributed by atoms with Gasteiger partial charge in [-0.1, -0.05) is 60.7 Å². The number of amides is 1. The summed E-state index contributed by atoms with van der Waals surface area (Å²) in [5.74, 6) is 0.375. The Balaban J connectivity index is 1.40. The van der Waals surface area contributed by atoms with Crippen LogP contribution in [0, 0.1) is 0 Å². The van der Waals surface area contributed by atoms with Gasteiger partial charge in [0.1, 0.15) is 5.82 Å². The molecule has 7 heteroatoms. The van der Waals surface area contributed by atoms with Gasteiger partial charge in [-0.15, -0.1) is 0 Å². The molecular weight excluding hydrogens is 426 g/mol. The number of nitrogens with one attached hydrogen (secondary N) is 1. The lowest BCUT2D eigenvalue weighted by Crippen LogP contribution is -2.32. The molecule has 0 fully saturated rings. The van der Waals surface area contributed by atoms with Crippen LogP contribution >= 0.6 is 0 Å². The summed E-state index contributed by atoms with van der Waals surface area (Å²) in [6.45, 7) is 0.601. The van der Waals surface area contributed by atoms with Crippen LogP contribution in [-0.2, 0) is 24.3 Å². The third-order valence-corrected chi connectivity index (χ3v) is 5.58. The number of rotatable bonds is 7. The minimum absolute atomic E-state index is 0.0766. The minimum atomic E-state index is -0.211. The van der Waals surface area contributed by atoms with Gasteiger partial charge in [0.2, 0.25) is 5.91 Å². The molecule has 0 saturated carbocycles. The minimum Gasteiger partial charge on any atom is -0.331 e. The van der Waals surface area contributed by atoms with Crippen LogP contribution in [0.3, 0.4) is 0 Å². The van der Waals surface area contributed by atoms with Gasteiger partial charge in [-0.25, -0.2) is 9.67 Å². The van der Waals surface area contributed by atoms with Crippen molar-refractivity contribution in [2.45, 2.75) is 19.5 Å². The van der Waals surface area contributed by atoms with Crippen LogP contribution in [0.25, 0.3) is 16.6 Å². The van der Waals surface area contributed by atoms with E-state index in [0.717, 1.165) is 16.8 Å². The molecular formula is C27H23N5O2. The molecule has 7 nitrogen and oxygen atoms in total. The average molecular weight is 450 g/mol. The highest BCUT2D eigenvalue weighted by atomic mass is 16.2. The van der Waals surface area contributed by atoms with Crippen LogP contribution < -0.4 is 5.56 Å². The van der Waals surface area contributed by atoms with Gasteiger partial charge in [0.15, 0.2) is 0 Å². The molecule has 0 aliphatic rings. The van der Waals surface area contributed by atoms with Crippen LogP contribution in [0.4, 0.5) is 0 Å². The molecule has 0 spiro atoms. The van der Waals surface area contributed by atoms with Gasteiger partial charge < -0.3 is 9.88 Å². The van der Waals surface area contributed by atoms with E-state index in [9.17, 15) is 9.59 Å². The van der Waals surface area contributed by atoms with Crippen LogP contribution in [0.5, 0.6) is 0 Å². The number of para-hydroxylation sites is 2. The van der Waals surface area contributed by atoms with Crippen molar-refractivity contribution >= 4 is 16.8 Å². The average Bonchev–Trinajstić information content (AvgIpc) is 3.33. The Bertz CT molecular complexity index is 1480. The molecule has 0 aliphatic heterocycles. The van der Waals surface area contributed by atoms with Gasteiger partial charge >= 0.3 is 0 Å². The number of benzene rings is 3. The first-order chi connectivity index (χ1) is 16.7. The van der Waals surface area contributed by atoms with Gasteiger partial charge in [-0.2, -0.15) is 5.10 Å². The predicted octanol–water partition coefficient (Wildman–Crippen LogP) is 3.88. The van der Waals surface area contributed by atoms with Gasteiger partial charge in [0, 0.05) is 12.7 Å². The zero-order valence-corrected chi connectivity index (χ0v) is 18.5. The Labute approximate surface area is 196 Å². The maximum atomic E-state index is 13.4. The molecule has 0 unspecified atom stereocenters. The maximum absolute atomic E-state index is 13.4. The third-order valence-electron chi connectivity index (χ3n) is 5.58. The van der Waals surface area contributed by atoms with Crippen LogP contribution in [0.1, 0.15) is 17.0 Å². The smallest absolute Gasteiger partial charge is 0.258 e. The quantitative estimate of drug-likeness (QED) is 0.409. The van der Waals surface area contributed by atoms with Crippen LogP contribution in [-0.4, -0.2) is 30.6 Å². The van der Waals surface area contributed by atoms with Crippen molar-refractivity contribution in [2.75, 3.05) is 0 Å². The standard InChI is InChI=1S/C27H23N5O2/c33-26(15-21-16-28-32(18-21)22-11-5-2-6-12-22)31(17-20-9-3-1-4-10-20)19-25-29-24-14-8-7-13-23(24)27(34)30-25/h1-14,16,18H,15,17,19H2,(H,29,30,34). The Morgan fingerprint density at radius 1 is 0.853 bits per heavy atom. The van der Waals surface area contributed by atoms with Gasteiger partial charge in [-0.05, 0) is 35.4 Å². The van der Waals surface area contributed by atoms with E-state index >= 15 is 0 Å². The molecule has 0 atom stereocenters. The monoisotopic (exact) mass is 449 g/mol. The normalized spacial score (nSPS) is 10.9. The summed E-state index contributed by atoms with van der Waals surface area (Å²) in [6, 6.07) is 26.7. The number of aromatic nitrogens is 4. The van der Waals surface area contributed by atoms with Crippen molar-refractivity contribution in [3.63, 3.8) is 0 Å². The summed E-state index contributed by atoms with van der Waals surface area (Å²) in [5.41, 5.74) is 3.14. The Morgan fingerprint density at radius 2 is 1.56 bits per heavy atom. The van der Waals surface area contributed by atoms with Crippen LogP contribution in [0.15, 0.2) is 102 Å². The van der Waals surface area contributed by atoms with Crippen molar-refractivity contribution in [1.82, 2.24) is 24.6 Å². The summed E-state index contributed by atoms with van der Waals surface area (Å²) >= 11 is 0. The number of carbonyl (C=O) groups excluding carboxylic acids is 1. The molecule has 34 heavy (non-hydrogen) atoms. The molecule has 0 bridgehead atoms. The highest BCUT2D eigenvalue weighted by Crippen LogP contribution is 2.14. The molecule has 5 rings (SSSR count). The fourth-order valence-corrected chi connectivity index (χ4v) is 3.89. The van der Waals surface area contributed by atoms with E-state index in [1.54, 1.807) is 34.0 Å². The Morgan fingerprint density at radius 3 is 2.35 bits per heavy atom. The van der Waals surface area contributed by atoms with Gasteiger partial charge in [0.05, 0.1) is 35.8 Å². The highest BCUT2D eigenvalue weighted by Gasteiger charge is 2.18. The second-order valence-electron chi connectivity index (χ2n) is 8.07. The fourth-order valence-electron chi connectivity index (χ4n) is 3.89. The van der Waals surface area contributed by atoms with E-state index < -0.39 is 0 Å². The summed E-state index contributed by atoms with van der Waals surface area (Å²) < 4.78 is 1.76. The SMILES string of the molecule is O=C(Cc1cnn(-c2ccccc2)c1)N(Cc1ccccc1)Cc1nc2ccccc2c(=O)[nH]1. The number of nitrogens with zero attached hydrogens (tertiary/aromatic N) is 4. The second kappa shape index (κ2) is 9.54. The molecule has 0 radical (unpaired) electrons. The lowest BCUT2D eigenvalue weighted by molar-refractivity contribution is -0.131. The van der Waals surface area contributed by atoms with Crippen LogP contribution in [0.2, 0.25) is 0 Å². The topological polar surface area (TPSA) is 83.9 Å². The number of hydrogen-bond donors (Lipinski definition) is 1. The fraction of sp³-hybridized carbons (Fsp3) is 0.111. The highest BCUT2D eigenvalue weighted by molar-refractivity contribution is 5.79. The molecule has 0 aliphatic carbocycles. The first kappa shape index (κ1) is 21.3. The molecule has 2 aromatic heterocycles. The summed E-state index contributed by atoms with van der Waals surface area (Å²) in [6.07, 6.45) is 3.77. The maximum Gasteiger partial charge on any atom is 0.258 e. The molecule has 5 aromatic rings.